The molecule has 1 unspecified atom stereocenters. The molecule has 0 aliphatic heterocycles. The number of benzene rings is 2. The van der Waals surface area contributed by atoms with Gasteiger partial charge in [-0.2, -0.15) is 0 Å². The van der Waals surface area contributed by atoms with Gasteiger partial charge in [0.25, 0.3) is 0 Å². The zero-order valence-corrected chi connectivity index (χ0v) is 22.0. The molecule has 1 aliphatic rings. The highest BCUT2D eigenvalue weighted by Gasteiger charge is 2.50. The smallest absolute Gasteiger partial charge is 0.162 e. The van der Waals surface area contributed by atoms with Crippen molar-refractivity contribution in [3.8, 4) is 11.1 Å². The quantitative estimate of drug-likeness (QED) is 0.128. The fourth-order valence-corrected chi connectivity index (χ4v) is 5.97. The number of hydrogen-bond acceptors (Lipinski definition) is 2. The third kappa shape index (κ3) is 5.64. The highest BCUT2D eigenvalue weighted by molar-refractivity contribution is 14.1. The number of Topliss-reactive ketones (excluding diaryl/α,β-unsaturated/α-hetero) is 1. The molecule has 1 atom stereocenters. The van der Waals surface area contributed by atoms with Crippen LogP contribution in [0.5, 0.6) is 0 Å². The fourth-order valence-electron chi connectivity index (χ4n) is 5.00. The molecule has 174 valence electrons. The molecular formula is C29H39IO2. The second-order valence-electron chi connectivity index (χ2n) is 9.14. The van der Waals surface area contributed by atoms with E-state index < -0.39 is 5.41 Å². The number of fused-ring (bicyclic) bond motifs is 3. The summed E-state index contributed by atoms with van der Waals surface area (Å²) < 4.78 is 6.25. The van der Waals surface area contributed by atoms with Gasteiger partial charge >= 0.3 is 0 Å². The van der Waals surface area contributed by atoms with E-state index in [2.05, 4.69) is 85.0 Å². The second kappa shape index (κ2) is 12.9. The molecule has 0 amide bonds. The number of unbranched alkanes of at least 4 members (excludes halogenated alkanes) is 7. The molecule has 2 aromatic rings. The van der Waals surface area contributed by atoms with Crippen LogP contribution in [-0.2, 0) is 14.9 Å². The van der Waals surface area contributed by atoms with Gasteiger partial charge in [0.2, 0.25) is 0 Å². The van der Waals surface area contributed by atoms with Crippen LogP contribution in [0.2, 0.25) is 0 Å². The maximum atomic E-state index is 14.2. The van der Waals surface area contributed by atoms with Crippen LogP contribution in [-0.4, -0.2) is 22.9 Å². The van der Waals surface area contributed by atoms with E-state index in [-0.39, 0.29) is 3.92 Å². The van der Waals surface area contributed by atoms with Crippen LogP contribution in [0.25, 0.3) is 11.1 Å². The van der Waals surface area contributed by atoms with E-state index in [9.17, 15) is 4.79 Å². The van der Waals surface area contributed by atoms with Gasteiger partial charge in [-0.25, -0.2) is 0 Å². The molecule has 0 N–H and O–H groups in total. The number of hydrogen-bond donors (Lipinski definition) is 0. The molecule has 0 fully saturated rings. The molecule has 0 spiro atoms. The highest BCUT2D eigenvalue weighted by Crippen LogP contribution is 2.50. The first-order valence-electron chi connectivity index (χ1n) is 12.6. The number of ketones is 1. The Morgan fingerprint density at radius 3 is 1.97 bits per heavy atom. The predicted molar refractivity (Wildman–Crippen MR) is 144 cm³/mol. The van der Waals surface area contributed by atoms with E-state index in [1.54, 1.807) is 0 Å². The molecule has 2 nitrogen and oxygen atoms in total. The lowest BCUT2D eigenvalue weighted by molar-refractivity contribution is -0.124. The Kier molecular flexibility index (Phi) is 10.2. The molecule has 1 aliphatic carbocycles. The van der Waals surface area contributed by atoms with Gasteiger partial charge in [-0.05, 0) is 35.1 Å². The minimum Gasteiger partial charge on any atom is -0.380 e. The summed E-state index contributed by atoms with van der Waals surface area (Å²) in [6.07, 6.45) is 11.9. The van der Waals surface area contributed by atoms with Crippen molar-refractivity contribution in [3.05, 3.63) is 59.7 Å². The standard InChI is InChI=1S/C29H39IO2/c1-3-5-7-8-9-10-20-27(30)28(31)29(22-32-21-15-6-4-2)25-18-13-11-16-23(25)24-17-12-14-19-26(24)29/h11-14,16-19,27H,3-10,15,20-22H2,1-2H3. The first-order chi connectivity index (χ1) is 15.7. The molecule has 32 heavy (non-hydrogen) atoms. The Balaban J connectivity index is 1.83. The number of ether oxygens (including phenoxy) is 1. The normalized spacial score (nSPS) is 14.7. The van der Waals surface area contributed by atoms with E-state index in [1.807, 2.05) is 0 Å². The van der Waals surface area contributed by atoms with Gasteiger partial charge in [-0.1, -0.05) is 136 Å². The van der Waals surface area contributed by atoms with Crippen LogP contribution >= 0.6 is 22.6 Å². The van der Waals surface area contributed by atoms with Gasteiger partial charge in [-0.3, -0.25) is 4.79 Å². The van der Waals surface area contributed by atoms with Crippen molar-refractivity contribution < 1.29 is 9.53 Å². The summed E-state index contributed by atoms with van der Waals surface area (Å²) in [5.74, 6) is 0.319. The van der Waals surface area contributed by atoms with E-state index in [0.29, 0.717) is 12.4 Å². The van der Waals surface area contributed by atoms with Crippen molar-refractivity contribution in [2.24, 2.45) is 0 Å². The predicted octanol–water partition coefficient (Wildman–Crippen LogP) is 8.28. The number of carbonyl (C=O) groups excluding carboxylic acids is 1. The Labute approximate surface area is 208 Å². The molecule has 0 bridgehead atoms. The Hall–Kier alpha value is -1.20. The molecule has 3 rings (SSSR count). The first kappa shape index (κ1) is 25.4. The maximum Gasteiger partial charge on any atom is 0.162 e. The maximum absolute atomic E-state index is 14.2. The molecule has 0 heterocycles. The number of alkyl halides is 1. The zero-order chi connectivity index (χ0) is 22.8. The van der Waals surface area contributed by atoms with E-state index in [0.717, 1.165) is 37.0 Å². The van der Waals surface area contributed by atoms with Crippen LogP contribution in [0.3, 0.4) is 0 Å². The SMILES string of the molecule is CCCCCCCCC(I)C(=O)C1(COCCCCC)c2ccccc2-c2ccccc21. The Morgan fingerprint density at radius 2 is 1.34 bits per heavy atom. The van der Waals surface area contributed by atoms with Crippen molar-refractivity contribution >= 4 is 28.4 Å². The lowest BCUT2D eigenvalue weighted by Crippen LogP contribution is -2.44. The molecule has 0 radical (unpaired) electrons. The Morgan fingerprint density at radius 1 is 0.812 bits per heavy atom. The van der Waals surface area contributed by atoms with E-state index in [1.165, 1.54) is 56.1 Å². The summed E-state index contributed by atoms with van der Waals surface area (Å²) >= 11 is 2.40. The molecule has 0 saturated heterocycles. The van der Waals surface area contributed by atoms with Crippen molar-refractivity contribution in [1.29, 1.82) is 0 Å². The van der Waals surface area contributed by atoms with Crippen LogP contribution in [0.15, 0.2) is 48.5 Å². The average Bonchev–Trinajstić information content (AvgIpc) is 3.11. The molecule has 0 aromatic heterocycles. The molecule has 2 aromatic carbocycles. The summed E-state index contributed by atoms with van der Waals surface area (Å²) in [4.78, 5) is 14.2. The van der Waals surface area contributed by atoms with Crippen molar-refractivity contribution in [1.82, 2.24) is 0 Å². The molecule has 0 saturated carbocycles. The minimum absolute atomic E-state index is 0.00257. The number of halogens is 1. The summed E-state index contributed by atoms with van der Waals surface area (Å²) in [7, 11) is 0. The van der Waals surface area contributed by atoms with Gasteiger partial charge in [0.05, 0.1) is 10.5 Å². The molecular weight excluding hydrogens is 507 g/mol. The lowest BCUT2D eigenvalue weighted by Gasteiger charge is -2.32. The van der Waals surface area contributed by atoms with Crippen LogP contribution in [0.4, 0.5) is 0 Å². The monoisotopic (exact) mass is 546 g/mol. The summed E-state index contributed by atoms with van der Waals surface area (Å²) in [5, 5.41) is 0. The number of rotatable bonds is 15. The highest BCUT2D eigenvalue weighted by atomic mass is 127. The van der Waals surface area contributed by atoms with Gasteiger partial charge in [0.15, 0.2) is 5.78 Å². The van der Waals surface area contributed by atoms with Crippen LogP contribution < -0.4 is 0 Å². The summed E-state index contributed by atoms with van der Waals surface area (Å²) in [6.45, 7) is 5.62. The van der Waals surface area contributed by atoms with Gasteiger partial charge in [0, 0.05) is 6.61 Å². The van der Waals surface area contributed by atoms with Crippen LogP contribution in [0, 0.1) is 0 Å². The van der Waals surface area contributed by atoms with Gasteiger partial charge in [-0.15, -0.1) is 0 Å². The summed E-state index contributed by atoms with van der Waals surface area (Å²) in [5.41, 5.74) is 3.96. The second-order valence-corrected chi connectivity index (χ2v) is 10.6. The number of carbonyl (C=O) groups is 1. The minimum atomic E-state index is -0.687. The zero-order valence-electron chi connectivity index (χ0n) is 19.9. The van der Waals surface area contributed by atoms with Crippen molar-refractivity contribution in [2.45, 2.75) is 87.4 Å². The van der Waals surface area contributed by atoms with Crippen molar-refractivity contribution in [2.75, 3.05) is 13.2 Å². The third-order valence-corrected chi connectivity index (χ3v) is 7.98. The Bertz CT molecular complexity index is 814. The van der Waals surface area contributed by atoms with Crippen molar-refractivity contribution in [3.63, 3.8) is 0 Å². The van der Waals surface area contributed by atoms with E-state index >= 15 is 0 Å². The fraction of sp³-hybridized carbons (Fsp3) is 0.552. The average molecular weight is 547 g/mol. The first-order valence-corrected chi connectivity index (χ1v) is 13.9. The van der Waals surface area contributed by atoms with Gasteiger partial charge in [0.1, 0.15) is 5.41 Å². The van der Waals surface area contributed by atoms with E-state index in [4.69, 9.17) is 4.74 Å². The third-order valence-electron chi connectivity index (χ3n) is 6.79. The topological polar surface area (TPSA) is 26.3 Å². The van der Waals surface area contributed by atoms with Gasteiger partial charge < -0.3 is 4.74 Å². The largest absolute Gasteiger partial charge is 0.380 e. The summed E-state index contributed by atoms with van der Waals surface area (Å²) in [6, 6.07) is 16.9. The van der Waals surface area contributed by atoms with Crippen LogP contribution in [0.1, 0.15) is 89.2 Å². The molecule has 3 heteroatoms. The lowest BCUT2D eigenvalue weighted by atomic mass is 9.73.